The van der Waals surface area contributed by atoms with Gasteiger partial charge in [0.2, 0.25) is 0 Å². The van der Waals surface area contributed by atoms with Crippen LogP contribution in [0.4, 0.5) is 0 Å². The van der Waals surface area contributed by atoms with E-state index >= 15 is 0 Å². The molecule has 2 aromatic rings. The summed E-state index contributed by atoms with van der Waals surface area (Å²) in [5.41, 5.74) is 1.71. The van der Waals surface area contributed by atoms with E-state index in [4.69, 9.17) is 16.3 Å². The molecular formula is C27H41ClOW. The zero-order valence-electron chi connectivity index (χ0n) is 20.0. The zero-order chi connectivity index (χ0) is 21.0. The summed E-state index contributed by atoms with van der Waals surface area (Å²) in [6.45, 7) is 14.6. The van der Waals surface area contributed by atoms with Crippen LogP contribution in [0.2, 0.25) is 5.02 Å². The van der Waals surface area contributed by atoms with Crippen molar-refractivity contribution in [2.45, 2.75) is 67.2 Å². The minimum absolute atomic E-state index is 0. The monoisotopic (exact) mass is 600 g/mol. The second kappa shape index (κ2) is 16.9. The molecule has 0 bridgehead atoms. The number of hydrogen-bond acceptors (Lipinski definition) is 1. The van der Waals surface area contributed by atoms with Gasteiger partial charge in [-0.2, -0.15) is 18.2 Å². The van der Waals surface area contributed by atoms with Crippen molar-refractivity contribution < 1.29 is 25.8 Å². The summed E-state index contributed by atoms with van der Waals surface area (Å²) in [7, 11) is 0. The Morgan fingerprint density at radius 1 is 1.07 bits per heavy atom. The second-order valence-electron chi connectivity index (χ2n) is 8.55. The predicted molar refractivity (Wildman–Crippen MR) is 130 cm³/mol. The maximum Gasteiger partial charge on any atom is 2.00 e. The van der Waals surface area contributed by atoms with Crippen LogP contribution in [-0.2, 0) is 27.5 Å². The molecule has 0 N–H and O–H groups in total. The van der Waals surface area contributed by atoms with Gasteiger partial charge in [-0.25, -0.2) is 0 Å². The molecule has 0 amide bonds. The smallest absolute Gasteiger partial charge is 0.519 e. The van der Waals surface area contributed by atoms with E-state index in [9.17, 15) is 0 Å². The number of ether oxygens (including phenoxy) is 1. The minimum Gasteiger partial charge on any atom is -0.519 e. The maximum atomic E-state index is 5.86. The minimum atomic E-state index is 0. The van der Waals surface area contributed by atoms with E-state index in [1.165, 1.54) is 24.8 Å². The van der Waals surface area contributed by atoms with Gasteiger partial charge in [-0.05, 0) is 47.8 Å². The Labute approximate surface area is 206 Å². The van der Waals surface area contributed by atoms with E-state index in [1.807, 2.05) is 42.5 Å². The van der Waals surface area contributed by atoms with E-state index in [1.54, 1.807) is 0 Å². The van der Waals surface area contributed by atoms with Gasteiger partial charge in [0.05, 0.1) is 6.61 Å². The average molecular weight is 601 g/mol. The van der Waals surface area contributed by atoms with Gasteiger partial charge in [0.25, 0.3) is 0 Å². The van der Waals surface area contributed by atoms with E-state index in [0.717, 1.165) is 23.8 Å². The first-order valence-electron chi connectivity index (χ1n) is 10.6. The second-order valence-corrected chi connectivity index (χ2v) is 8.98. The Hall–Kier alpha value is -0.782. The number of benzene rings is 2. The van der Waals surface area contributed by atoms with E-state index < -0.39 is 0 Å². The van der Waals surface area contributed by atoms with E-state index in [2.05, 4.69) is 53.7 Å². The molecule has 0 aliphatic carbocycles. The van der Waals surface area contributed by atoms with Crippen LogP contribution in [0.25, 0.3) is 0 Å². The number of halogens is 1. The third-order valence-electron chi connectivity index (χ3n) is 5.56. The summed E-state index contributed by atoms with van der Waals surface area (Å²) in [6.07, 6.45) is 4.70. The van der Waals surface area contributed by atoms with Crippen LogP contribution in [0.3, 0.4) is 0 Å². The van der Waals surface area contributed by atoms with Crippen molar-refractivity contribution in [3.8, 4) is 5.75 Å². The molecular weight excluding hydrogens is 560 g/mol. The van der Waals surface area contributed by atoms with Gasteiger partial charge in [0.15, 0.2) is 0 Å². The van der Waals surface area contributed by atoms with Crippen molar-refractivity contribution in [2.24, 2.45) is 17.3 Å². The molecule has 0 fully saturated rings. The summed E-state index contributed by atoms with van der Waals surface area (Å²) in [5.74, 6) is 2.29. The van der Waals surface area contributed by atoms with Gasteiger partial charge >= 0.3 is 21.1 Å². The molecule has 2 rings (SSSR count). The quantitative estimate of drug-likeness (QED) is 0.262. The van der Waals surface area contributed by atoms with Crippen LogP contribution in [0.5, 0.6) is 5.75 Å². The SMILES string of the molecule is CCC(COc1cc[c-]cc1)CC(C)(C)C(C)C.CCCc1cccc(Cl)c1.[CH3-].[W+2]. The molecule has 0 saturated heterocycles. The van der Waals surface area contributed by atoms with Crippen molar-refractivity contribution in [3.05, 3.63) is 72.6 Å². The molecule has 1 nitrogen and oxygen atoms in total. The van der Waals surface area contributed by atoms with Crippen LogP contribution < -0.4 is 4.74 Å². The number of hydrogen-bond donors (Lipinski definition) is 0. The van der Waals surface area contributed by atoms with Crippen LogP contribution in [0.1, 0.15) is 66.4 Å². The largest absolute Gasteiger partial charge is 2.00 e. The molecule has 1 unspecified atom stereocenters. The molecule has 30 heavy (non-hydrogen) atoms. The summed E-state index contributed by atoms with van der Waals surface area (Å²) >= 11 is 5.78. The van der Waals surface area contributed by atoms with Crippen molar-refractivity contribution in [3.63, 3.8) is 0 Å². The Kier molecular flexibility index (Phi) is 17.6. The van der Waals surface area contributed by atoms with Gasteiger partial charge in [0.1, 0.15) is 0 Å². The summed E-state index contributed by atoms with van der Waals surface area (Å²) in [6, 6.07) is 18.8. The molecule has 2 aromatic carbocycles. The van der Waals surface area contributed by atoms with Crippen LogP contribution in [0.15, 0.2) is 48.5 Å². The summed E-state index contributed by atoms with van der Waals surface area (Å²) in [4.78, 5) is 0. The molecule has 0 aliphatic heterocycles. The van der Waals surface area contributed by atoms with Gasteiger partial charge in [-0.15, -0.1) is 12.1 Å². The zero-order valence-corrected chi connectivity index (χ0v) is 23.7. The molecule has 3 heteroatoms. The van der Waals surface area contributed by atoms with E-state index in [-0.39, 0.29) is 28.5 Å². The maximum absolute atomic E-state index is 5.86. The van der Waals surface area contributed by atoms with Crippen molar-refractivity contribution in [2.75, 3.05) is 6.61 Å². The first kappa shape index (κ1) is 31.4. The molecule has 0 spiro atoms. The number of aryl methyl sites for hydroxylation is 1. The first-order chi connectivity index (χ1) is 13.3. The van der Waals surface area contributed by atoms with Crippen molar-refractivity contribution >= 4 is 11.6 Å². The van der Waals surface area contributed by atoms with E-state index in [0.29, 0.717) is 17.3 Å². The van der Waals surface area contributed by atoms with Crippen LogP contribution in [0, 0.1) is 30.7 Å². The fraction of sp³-hybridized carbons (Fsp3) is 0.519. The standard InChI is InChI=1S/C17H27O.C9H11Cl.CH3.W/c1-6-15(12-17(4,5)14(2)3)13-18-16-10-8-7-9-11-16;1-2-4-8-5-3-6-9(10)7-8;;/h8-11,14-15H,6,12-13H2,1-5H3;3,5-7H,2,4H2,1H3;1H3;/q-1;;-1;+2. The molecule has 0 radical (unpaired) electrons. The molecule has 168 valence electrons. The van der Waals surface area contributed by atoms with Crippen molar-refractivity contribution in [1.29, 1.82) is 0 Å². The summed E-state index contributed by atoms with van der Waals surface area (Å²) < 4.78 is 5.86. The third kappa shape index (κ3) is 12.8. The Balaban J connectivity index is 0. The van der Waals surface area contributed by atoms with Gasteiger partial charge in [-0.1, -0.05) is 78.1 Å². The van der Waals surface area contributed by atoms with Gasteiger partial charge in [0, 0.05) is 10.8 Å². The fourth-order valence-electron chi connectivity index (χ4n) is 2.96. The topological polar surface area (TPSA) is 9.23 Å². The van der Waals surface area contributed by atoms with Crippen LogP contribution >= 0.6 is 11.6 Å². The third-order valence-corrected chi connectivity index (χ3v) is 5.79. The fourth-order valence-corrected chi connectivity index (χ4v) is 3.18. The van der Waals surface area contributed by atoms with Crippen LogP contribution in [-0.4, -0.2) is 6.61 Å². The molecule has 1 atom stereocenters. The Bertz CT molecular complexity index is 655. The molecule has 0 aromatic heterocycles. The first-order valence-corrected chi connectivity index (χ1v) is 11.0. The summed E-state index contributed by atoms with van der Waals surface area (Å²) in [5, 5.41) is 0.839. The van der Waals surface area contributed by atoms with Crippen molar-refractivity contribution in [1.82, 2.24) is 0 Å². The Morgan fingerprint density at radius 2 is 1.70 bits per heavy atom. The molecule has 0 aliphatic rings. The van der Waals surface area contributed by atoms with Gasteiger partial charge < -0.3 is 12.2 Å². The number of rotatable bonds is 9. The average Bonchev–Trinajstić information content (AvgIpc) is 2.66. The molecule has 0 heterocycles. The van der Waals surface area contributed by atoms with Gasteiger partial charge in [-0.3, -0.25) is 0 Å². The molecule has 0 saturated carbocycles. The predicted octanol–water partition coefficient (Wildman–Crippen LogP) is 8.70. The Morgan fingerprint density at radius 3 is 2.20 bits per heavy atom. The normalized spacial score (nSPS) is 11.5.